The summed E-state index contributed by atoms with van der Waals surface area (Å²) in [7, 11) is -0.0749. The smallest absolute Gasteiger partial charge is 0.322 e. The molecule has 2 unspecified atom stereocenters. The number of aromatic nitrogens is 2. The van der Waals surface area contributed by atoms with Gasteiger partial charge in [0.15, 0.2) is 5.82 Å². The molecule has 2 aromatic heterocycles. The highest BCUT2D eigenvalue weighted by Gasteiger charge is 2.54. The summed E-state index contributed by atoms with van der Waals surface area (Å²) >= 11 is 0. The molecule has 2 atom stereocenters. The number of rotatable bonds is 6. The highest BCUT2D eigenvalue weighted by Crippen LogP contribution is 2.55. The van der Waals surface area contributed by atoms with Gasteiger partial charge in [-0.3, -0.25) is 19.5 Å². The fourth-order valence-electron chi connectivity index (χ4n) is 6.95. The zero-order chi connectivity index (χ0) is 28.0. The number of piperazine rings is 1. The van der Waals surface area contributed by atoms with Gasteiger partial charge in [0, 0.05) is 54.9 Å². The van der Waals surface area contributed by atoms with E-state index < -0.39 is 15.4 Å². The van der Waals surface area contributed by atoms with Crippen LogP contribution in [0.1, 0.15) is 31.2 Å². The molecule has 1 aliphatic carbocycles. The molecule has 40 heavy (non-hydrogen) atoms. The van der Waals surface area contributed by atoms with E-state index in [1.165, 1.54) is 0 Å². The van der Waals surface area contributed by atoms with Crippen LogP contribution in [0.15, 0.2) is 36.7 Å². The Morgan fingerprint density at radius 3 is 2.45 bits per heavy atom. The number of nitrogens with zero attached hydrogens (tertiary/aromatic N) is 6. The number of likely N-dealkylation sites (N-methyl/N-ethyl adjacent to an activating group) is 2. The van der Waals surface area contributed by atoms with Crippen molar-refractivity contribution in [1.29, 1.82) is 0 Å². The number of hydrogen-bond donors (Lipinski definition) is 0. The van der Waals surface area contributed by atoms with Gasteiger partial charge >= 0.3 is 6.47 Å². The number of benzene rings is 1. The average molecular weight is 563 g/mol. The minimum absolute atomic E-state index is 0.107. The molecule has 4 fully saturated rings. The van der Waals surface area contributed by atoms with Crippen LogP contribution in [0.25, 0.3) is 22.0 Å². The van der Waals surface area contributed by atoms with Crippen molar-refractivity contribution >= 4 is 50.5 Å². The Kier molecular flexibility index (Phi) is 5.43. The summed E-state index contributed by atoms with van der Waals surface area (Å²) in [5, 5.41) is 0.904. The van der Waals surface area contributed by atoms with Gasteiger partial charge in [-0.1, -0.05) is 17.0 Å². The maximum atomic E-state index is 13.3. The summed E-state index contributed by atoms with van der Waals surface area (Å²) in [6.07, 6.45) is 8.21. The van der Waals surface area contributed by atoms with Gasteiger partial charge in [-0.2, -0.15) is 0 Å². The van der Waals surface area contributed by atoms with Crippen LogP contribution >= 0.6 is 0 Å². The lowest BCUT2D eigenvalue weighted by Crippen LogP contribution is -2.67. The van der Waals surface area contributed by atoms with Gasteiger partial charge < -0.3 is 14.6 Å². The molecule has 3 aromatic rings. The molecular weight excluding hydrogens is 532 g/mol. The number of pyridine rings is 2. The summed E-state index contributed by atoms with van der Waals surface area (Å²) in [4.78, 5) is 45.1. The van der Waals surface area contributed by atoms with E-state index in [9.17, 15) is 18.0 Å². The Balaban J connectivity index is 1.37. The van der Waals surface area contributed by atoms with E-state index in [1.54, 1.807) is 30.4 Å². The Morgan fingerprint density at radius 1 is 1.07 bits per heavy atom. The van der Waals surface area contributed by atoms with Crippen LogP contribution in [0.3, 0.4) is 0 Å². The predicted molar refractivity (Wildman–Crippen MR) is 151 cm³/mol. The quantitative estimate of drug-likeness (QED) is 0.330. The SMILES string of the molecule is CN1C(=O)C2(CCC2)c2c1cnc1ccc(-c3cnc(N4CC5CC(C4)N5C)c(N(OC=O)S(C)(=O)=O)c3)cc21. The van der Waals surface area contributed by atoms with Gasteiger partial charge in [-0.25, -0.2) is 13.4 Å². The van der Waals surface area contributed by atoms with E-state index >= 15 is 0 Å². The molecule has 208 valence electrons. The van der Waals surface area contributed by atoms with E-state index in [4.69, 9.17) is 9.82 Å². The average Bonchev–Trinajstić information content (AvgIpc) is 3.17. The molecule has 6 heterocycles. The molecule has 5 aliphatic rings. The second-order valence-electron chi connectivity index (χ2n) is 11.4. The molecule has 8 rings (SSSR count). The number of amides is 1. The van der Waals surface area contributed by atoms with E-state index in [2.05, 4.69) is 21.8 Å². The number of carbonyl (C=O) groups excluding carboxylic acids is 2. The molecule has 11 nitrogen and oxygen atoms in total. The summed E-state index contributed by atoms with van der Waals surface area (Å²) in [6.45, 7) is 1.50. The minimum Gasteiger partial charge on any atom is -0.352 e. The number of hydrogen-bond acceptors (Lipinski definition) is 9. The Hall–Kier alpha value is -3.77. The van der Waals surface area contributed by atoms with Crippen molar-refractivity contribution in [3.63, 3.8) is 0 Å². The molecule has 1 aromatic carbocycles. The third-order valence-electron chi connectivity index (χ3n) is 9.28. The highest BCUT2D eigenvalue weighted by molar-refractivity contribution is 7.91. The summed E-state index contributed by atoms with van der Waals surface area (Å²) in [5.41, 5.74) is 3.76. The van der Waals surface area contributed by atoms with Crippen molar-refractivity contribution in [2.45, 2.75) is 43.2 Å². The number of carbonyl (C=O) groups is 2. The van der Waals surface area contributed by atoms with Gasteiger partial charge in [-0.15, -0.1) is 0 Å². The predicted octanol–water partition coefficient (Wildman–Crippen LogP) is 2.44. The fraction of sp³-hybridized carbons (Fsp3) is 0.429. The van der Waals surface area contributed by atoms with Crippen LogP contribution in [0.5, 0.6) is 0 Å². The Morgan fingerprint density at radius 2 is 1.82 bits per heavy atom. The highest BCUT2D eigenvalue weighted by atomic mass is 32.2. The maximum absolute atomic E-state index is 13.3. The van der Waals surface area contributed by atoms with Crippen LogP contribution < -0.4 is 14.3 Å². The molecule has 1 saturated carbocycles. The topological polar surface area (TPSA) is 116 Å². The third-order valence-corrected chi connectivity index (χ3v) is 10.2. The van der Waals surface area contributed by atoms with E-state index in [0.717, 1.165) is 59.7 Å². The first kappa shape index (κ1) is 25.2. The maximum Gasteiger partial charge on any atom is 0.322 e. The van der Waals surface area contributed by atoms with Crippen molar-refractivity contribution in [2.75, 3.05) is 47.7 Å². The van der Waals surface area contributed by atoms with Crippen molar-refractivity contribution in [3.05, 3.63) is 42.2 Å². The molecule has 1 amide bonds. The van der Waals surface area contributed by atoms with Crippen molar-refractivity contribution < 1.29 is 22.8 Å². The summed E-state index contributed by atoms with van der Waals surface area (Å²) in [5.74, 6) is 0.560. The lowest BCUT2D eigenvalue weighted by Gasteiger charge is -2.55. The zero-order valence-corrected chi connectivity index (χ0v) is 23.4. The molecule has 12 heteroatoms. The molecular formula is C28H30N6O5S. The molecule has 0 N–H and O–H groups in total. The summed E-state index contributed by atoms with van der Waals surface area (Å²) in [6, 6.07) is 8.25. The standard InChI is InChI=1S/C28H30N6O5S/c1-31-19-11-20(31)15-33(14-19)26-23(34(39-16-35)40(3,37)38)10-18(12-30-26)17-5-6-22-21(9-17)25-24(13-29-22)32(2)27(36)28(25)7-4-8-28/h5-6,9-10,12-13,16,19-20H,4,7-8,11,14-15H2,1-3H3. The first-order valence-electron chi connectivity index (χ1n) is 13.4. The second-order valence-corrected chi connectivity index (χ2v) is 13.2. The van der Waals surface area contributed by atoms with Gasteiger partial charge in [-0.05, 0) is 50.1 Å². The molecule has 1 spiro atoms. The number of piperidine rings is 1. The van der Waals surface area contributed by atoms with Crippen LogP contribution in [-0.4, -0.2) is 81.2 Å². The molecule has 0 radical (unpaired) electrons. The van der Waals surface area contributed by atoms with Gasteiger partial charge in [0.05, 0.1) is 29.1 Å². The van der Waals surface area contributed by atoms with E-state index in [0.29, 0.717) is 41.0 Å². The lowest BCUT2D eigenvalue weighted by atomic mass is 9.64. The van der Waals surface area contributed by atoms with Crippen LogP contribution in [0.4, 0.5) is 17.2 Å². The number of sulfonamides is 1. The number of anilines is 3. The second kappa shape index (κ2) is 8.61. The van der Waals surface area contributed by atoms with E-state index in [1.807, 2.05) is 18.2 Å². The van der Waals surface area contributed by atoms with E-state index in [-0.39, 0.29) is 18.1 Å². The summed E-state index contributed by atoms with van der Waals surface area (Å²) < 4.78 is 26.1. The van der Waals surface area contributed by atoms with Crippen LogP contribution in [0, 0.1) is 0 Å². The lowest BCUT2D eigenvalue weighted by molar-refractivity contribution is -0.128. The zero-order valence-electron chi connectivity index (χ0n) is 22.6. The van der Waals surface area contributed by atoms with Gasteiger partial charge in [0.25, 0.3) is 10.0 Å². The van der Waals surface area contributed by atoms with Crippen molar-refractivity contribution in [1.82, 2.24) is 14.9 Å². The first-order valence-corrected chi connectivity index (χ1v) is 15.3. The normalized spacial score (nSPS) is 23.1. The Labute approximate surface area is 232 Å². The first-order chi connectivity index (χ1) is 19.1. The monoisotopic (exact) mass is 562 g/mol. The van der Waals surface area contributed by atoms with Crippen LogP contribution in [0.2, 0.25) is 0 Å². The van der Waals surface area contributed by atoms with Crippen LogP contribution in [-0.2, 0) is 29.9 Å². The molecule has 4 aliphatic heterocycles. The Bertz CT molecular complexity index is 1680. The third kappa shape index (κ3) is 3.48. The van der Waals surface area contributed by atoms with Gasteiger partial charge in [0.1, 0.15) is 5.69 Å². The minimum atomic E-state index is -3.97. The van der Waals surface area contributed by atoms with Crippen molar-refractivity contribution in [3.8, 4) is 11.1 Å². The fourth-order valence-corrected chi connectivity index (χ4v) is 7.64. The van der Waals surface area contributed by atoms with Crippen molar-refractivity contribution in [2.24, 2.45) is 0 Å². The largest absolute Gasteiger partial charge is 0.352 e. The molecule has 3 saturated heterocycles. The van der Waals surface area contributed by atoms with Gasteiger partial charge in [0.2, 0.25) is 5.91 Å². The molecule has 2 bridgehead atoms. The number of fused-ring (bicyclic) bond motifs is 6.